The molecule has 28 heavy (non-hydrogen) atoms. The van der Waals surface area contributed by atoms with Crippen LogP contribution in [0.15, 0.2) is 72.8 Å². The third kappa shape index (κ3) is 4.83. The van der Waals surface area contributed by atoms with Gasteiger partial charge in [-0.3, -0.25) is 10.1 Å². The van der Waals surface area contributed by atoms with Crippen molar-refractivity contribution in [1.29, 1.82) is 5.26 Å². The number of nitriles is 1. The lowest BCUT2D eigenvalue weighted by Gasteiger charge is -2.07. The van der Waals surface area contributed by atoms with E-state index in [-0.39, 0.29) is 5.69 Å². The van der Waals surface area contributed by atoms with Gasteiger partial charge in [0.15, 0.2) is 0 Å². The number of hydrogen-bond donors (Lipinski definition) is 0. The van der Waals surface area contributed by atoms with Crippen LogP contribution >= 0.6 is 0 Å². The molecular weight excluding hydrogens is 352 g/mol. The van der Waals surface area contributed by atoms with Crippen LogP contribution < -0.4 is 4.74 Å². The average Bonchev–Trinajstić information content (AvgIpc) is 2.72. The van der Waals surface area contributed by atoms with Gasteiger partial charge in [0.05, 0.1) is 16.6 Å². The van der Waals surface area contributed by atoms with Crippen LogP contribution in [0.1, 0.15) is 22.3 Å². The molecule has 0 aliphatic carbocycles. The largest absolute Gasteiger partial charge is 0.489 e. The maximum absolute atomic E-state index is 10.7. The van der Waals surface area contributed by atoms with E-state index in [1.54, 1.807) is 18.2 Å². The molecule has 3 rings (SSSR count). The second kappa shape index (κ2) is 8.65. The molecule has 0 bridgehead atoms. The first-order chi connectivity index (χ1) is 13.5. The Bertz CT molecular complexity index is 1030. The van der Waals surface area contributed by atoms with Gasteiger partial charge in [0.2, 0.25) is 0 Å². The predicted molar refractivity (Wildman–Crippen MR) is 109 cm³/mol. The number of non-ortho nitro benzene ring substituents is 1. The SMILES string of the molecule is Cc1ccc(COc2ccc(C=C(C#N)c3ccc([N+](=O)[O-])cc3)cc2)cc1. The first-order valence-corrected chi connectivity index (χ1v) is 8.70. The summed E-state index contributed by atoms with van der Waals surface area (Å²) in [6, 6.07) is 23.7. The molecule has 138 valence electrons. The van der Waals surface area contributed by atoms with E-state index in [1.165, 1.54) is 17.7 Å². The Labute approximate surface area is 163 Å². The summed E-state index contributed by atoms with van der Waals surface area (Å²) in [5, 5.41) is 20.2. The molecule has 0 radical (unpaired) electrons. The number of hydrogen-bond acceptors (Lipinski definition) is 4. The maximum Gasteiger partial charge on any atom is 0.269 e. The maximum atomic E-state index is 10.7. The van der Waals surface area contributed by atoms with Crippen molar-refractivity contribution in [3.8, 4) is 11.8 Å². The molecule has 5 nitrogen and oxygen atoms in total. The fourth-order valence-corrected chi connectivity index (χ4v) is 2.62. The Morgan fingerprint density at radius 2 is 1.68 bits per heavy atom. The lowest BCUT2D eigenvalue weighted by atomic mass is 10.0. The number of ether oxygens (including phenoxy) is 1. The lowest BCUT2D eigenvalue weighted by Crippen LogP contribution is -1.95. The highest BCUT2D eigenvalue weighted by atomic mass is 16.6. The molecular formula is C23H18N2O3. The highest BCUT2D eigenvalue weighted by Gasteiger charge is 2.07. The monoisotopic (exact) mass is 370 g/mol. The lowest BCUT2D eigenvalue weighted by molar-refractivity contribution is -0.384. The van der Waals surface area contributed by atoms with Gasteiger partial charge < -0.3 is 4.74 Å². The standard InChI is InChI=1S/C23H18N2O3/c1-17-2-4-19(5-3-17)16-28-23-12-6-18(7-13-23)14-21(15-24)20-8-10-22(11-9-20)25(26)27/h2-14H,16H2,1H3. The van der Waals surface area contributed by atoms with E-state index >= 15 is 0 Å². The fraction of sp³-hybridized carbons (Fsp3) is 0.0870. The molecule has 0 saturated heterocycles. The third-order valence-electron chi connectivity index (χ3n) is 4.23. The summed E-state index contributed by atoms with van der Waals surface area (Å²) in [5.74, 6) is 0.742. The van der Waals surface area contributed by atoms with Gasteiger partial charge in [0.25, 0.3) is 5.69 Å². The van der Waals surface area contributed by atoms with Gasteiger partial charge >= 0.3 is 0 Å². The minimum absolute atomic E-state index is 0.00359. The fourth-order valence-electron chi connectivity index (χ4n) is 2.62. The Hall–Kier alpha value is -3.91. The summed E-state index contributed by atoms with van der Waals surface area (Å²) in [5.41, 5.74) is 4.21. The van der Waals surface area contributed by atoms with Gasteiger partial charge in [0.1, 0.15) is 12.4 Å². The van der Waals surface area contributed by atoms with E-state index in [2.05, 4.69) is 6.07 Å². The number of nitro benzene ring substituents is 1. The van der Waals surface area contributed by atoms with Crippen LogP contribution in [0.25, 0.3) is 11.6 Å². The molecule has 0 aliphatic rings. The van der Waals surface area contributed by atoms with E-state index in [9.17, 15) is 15.4 Å². The molecule has 0 atom stereocenters. The number of nitro groups is 1. The summed E-state index contributed by atoms with van der Waals surface area (Å²) in [4.78, 5) is 10.3. The minimum atomic E-state index is -0.463. The second-order valence-corrected chi connectivity index (χ2v) is 6.32. The number of allylic oxidation sites excluding steroid dienone is 1. The molecule has 0 saturated carbocycles. The normalized spacial score (nSPS) is 10.9. The van der Waals surface area contributed by atoms with Gasteiger partial charge in [-0.15, -0.1) is 0 Å². The third-order valence-corrected chi connectivity index (χ3v) is 4.23. The topological polar surface area (TPSA) is 76.2 Å². The molecule has 3 aromatic rings. The molecule has 0 spiro atoms. The zero-order valence-corrected chi connectivity index (χ0v) is 15.3. The van der Waals surface area contributed by atoms with Crippen molar-refractivity contribution in [3.63, 3.8) is 0 Å². The zero-order chi connectivity index (χ0) is 19.9. The van der Waals surface area contributed by atoms with Crippen LogP contribution in [-0.2, 0) is 6.61 Å². The van der Waals surface area contributed by atoms with Crippen LogP contribution in [0.3, 0.4) is 0 Å². The van der Waals surface area contributed by atoms with E-state index in [4.69, 9.17) is 4.74 Å². The smallest absolute Gasteiger partial charge is 0.269 e. The quantitative estimate of drug-likeness (QED) is 0.247. The van der Waals surface area contributed by atoms with Crippen molar-refractivity contribution < 1.29 is 9.66 Å². The molecule has 0 unspecified atom stereocenters. The van der Waals surface area contributed by atoms with Crippen LogP contribution in [0, 0.1) is 28.4 Å². The molecule has 0 amide bonds. The number of aryl methyl sites for hydroxylation is 1. The van der Waals surface area contributed by atoms with Crippen molar-refractivity contribution >= 4 is 17.3 Å². The van der Waals surface area contributed by atoms with E-state index in [1.807, 2.05) is 55.5 Å². The van der Waals surface area contributed by atoms with Crippen molar-refractivity contribution in [3.05, 3.63) is 105 Å². The highest BCUT2D eigenvalue weighted by Crippen LogP contribution is 2.22. The van der Waals surface area contributed by atoms with Crippen molar-refractivity contribution in [1.82, 2.24) is 0 Å². The van der Waals surface area contributed by atoms with Crippen molar-refractivity contribution in [2.75, 3.05) is 0 Å². The van der Waals surface area contributed by atoms with Crippen LogP contribution in [0.5, 0.6) is 5.75 Å². The van der Waals surface area contributed by atoms with Crippen LogP contribution in [0.2, 0.25) is 0 Å². The Kier molecular flexibility index (Phi) is 5.83. The van der Waals surface area contributed by atoms with Crippen LogP contribution in [0.4, 0.5) is 5.69 Å². The van der Waals surface area contributed by atoms with E-state index < -0.39 is 4.92 Å². The van der Waals surface area contributed by atoms with Gasteiger partial charge in [-0.05, 0) is 54.0 Å². The molecule has 0 heterocycles. The molecule has 5 heteroatoms. The Morgan fingerprint density at radius 3 is 2.25 bits per heavy atom. The summed E-state index contributed by atoms with van der Waals surface area (Å²) in [7, 11) is 0. The van der Waals surface area contributed by atoms with E-state index in [0.29, 0.717) is 17.7 Å². The van der Waals surface area contributed by atoms with E-state index in [0.717, 1.165) is 16.9 Å². The second-order valence-electron chi connectivity index (χ2n) is 6.32. The number of rotatable bonds is 6. The number of nitrogens with zero attached hydrogens (tertiary/aromatic N) is 2. The predicted octanol–water partition coefficient (Wildman–Crippen LogP) is 5.55. The summed E-state index contributed by atoms with van der Waals surface area (Å²) < 4.78 is 5.79. The molecule has 0 aliphatic heterocycles. The van der Waals surface area contributed by atoms with Gasteiger partial charge in [0, 0.05) is 12.1 Å². The van der Waals surface area contributed by atoms with Crippen molar-refractivity contribution in [2.24, 2.45) is 0 Å². The highest BCUT2D eigenvalue weighted by molar-refractivity contribution is 5.89. The molecule has 3 aromatic carbocycles. The molecule has 0 N–H and O–H groups in total. The summed E-state index contributed by atoms with van der Waals surface area (Å²) in [6.07, 6.45) is 1.74. The van der Waals surface area contributed by atoms with Crippen molar-refractivity contribution in [2.45, 2.75) is 13.5 Å². The zero-order valence-electron chi connectivity index (χ0n) is 15.3. The molecule has 0 fully saturated rings. The van der Waals surface area contributed by atoms with Gasteiger partial charge in [-0.2, -0.15) is 5.26 Å². The van der Waals surface area contributed by atoms with Gasteiger partial charge in [-0.1, -0.05) is 42.0 Å². The Balaban J connectivity index is 1.69. The van der Waals surface area contributed by atoms with Crippen LogP contribution in [-0.4, -0.2) is 4.92 Å². The Morgan fingerprint density at radius 1 is 1.04 bits per heavy atom. The first-order valence-electron chi connectivity index (χ1n) is 8.70. The first kappa shape index (κ1) is 18.9. The van der Waals surface area contributed by atoms with Gasteiger partial charge in [-0.25, -0.2) is 0 Å². The summed E-state index contributed by atoms with van der Waals surface area (Å²) >= 11 is 0. The average molecular weight is 370 g/mol. The number of benzene rings is 3. The minimum Gasteiger partial charge on any atom is -0.489 e. The molecule has 0 aromatic heterocycles. The summed E-state index contributed by atoms with van der Waals surface area (Å²) in [6.45, 7) is 2.53.